The first kappa shape index (κ1) is 16.7. The summed E-state index contributed by atoms with van der Waals surface area (Å²) in [6.45, 7) is 1.30. The summed E-state index contributed by atoms with van der Waals surface area (Å²) in [7, 11) is -6.87. The van der Waals surface area contributed by atoms with Gasteiger partial charge in [-0.05, 0) is 12.8 Å². The Hall–Kier alpha value is -0.710. The minimum atomic E-state index is -3.63. The highest BCUT2D eigenvalue weighted by Crippen LogP contribution is 2.23. The molecule has 2 heterocycles. The van der Waals surface area contributed by atoms with Gasteiger partial charge in [-0.1, -0.05) is 0 Å². The van der Waals surface area contributed by atoms with E-state index in [0.717, 1.165) is 0 Å². The van der Waals surface area contributed by atoms with Crippen molar-refractivity contribution in [2.24, 2.45) is 0 Å². The summed E-state index contributed by atoms with van der Waals surface area (Å²) in [5.41, 5.74) is 0. The second kappa shape index (κ2) is 6.19. The lowest BCUT2D eigenvalue weighted by Gasteiger charge is -2.23. The van der Waals surface area contributed by atoms with E-state index >= 15 is 0 Å². The van der Waals surface area contributed by atoms with Crippen LogP contribution in [0.15, 0.2) is 0 Å². The van der Waals surface area contributed by atoms with E-state index in [0.29, 0.717) is 26.1 Å². The molecule has 0 bridgehead atoms. The fourth-order valence-electron chi connectivity index (χ4n) is 2.76. The summed E-state index contributed by atoms with van der Waals surface area (Å²) < 4.78 is 49.2. The monoisotopic (exact) mass is 340 g/mol. The third-order valence-electron chi connectivity index (χ3n) is 3.88. The van der Waals surface area contributed by atoms with Crippen LogP contribution in [-0.4, -0.2) is 86.6 Å². The maximum absolute atomic E-state index is 12.5. The largest absolute Gasteiger partial charge is 0.480 e. The first-order valence-electron chi connectivity index (χ1n) is 6.84. The molecule has 2 rings (SSSR count). The summed E-state index contributed by atoms with van der Waals surface area (Å²) in [5.74, 6) is -1.31. The predicted molar refractivity (Wildman–Crippen MR) is 76.2 cm³/mol. The molecule has 0 aromatic heterocycles. The molecule has 1 N–H and O–H groups in total. The van der Waals surface area contributed by atoms with Gasteiger partial charge >= 0.3 is 5.97 Å². The molecule has 0 radical (unpaired) electrons. The second-order valence-corrected chi connectivity index (χ2v) is 9.93. The van der Waals surface area contributed by atoms with E-state index < -0.39 is 31.1 Å². The molecule has 2 aliphatic rings. The summed E-state index contributed by atoms with van der Waals surface area (Å²) >= 11 is 0. The summed E-state index contributed by atoms with van der Waals surface area (Å²) in [6.07, 6.45) is 0.700. The van der Waals surface area contributed by atoms with E-state index in [9.17, 15) is 21.6 Å². The zero-order valence-electron chi connectivity index (χ0n) is 11.6. The Balaban J connectivity index is 2.03. The second-order valence-electron chi connectivity index (χ2n) is 5.49. The van der Waals surface area contributed by atoms with E-state index in [2.05, 4.69) is 0 Å². The third kappa shape index (κ3) is 4.15. The molecular weight excluding hydrogens is 320 g/mol. The molecular formula is C11H20N2O6S2. The molecule has 8 nitrogen and oxygen atoms in total. The van der Waals surface area contributed by atoms with Crippen LogP contribution in [0, 0.1) is 0 Å². The number of rotatable bonds is 4. The van der Waals surface area contributed by atoms with Gasteiger partial charge in [-0.2, -0.15) is 0 Å². The molecule has 0 aromatic carbocycles. The number of carbonyl (C=O) groups is 1. The molecule has 1 atom stereocenters. The van der Waals surface area contributed by atoms with Gasteiger partial charge in [0.05, 0.1) is 23.3 Å². The van der Waals surface area contributed by atoms with Gasteiger partial charge in [0.15, 0.2) is 9.84 Å². The minimum absolute atomic E-state index is 0.0735. The van der Waals surface area contributed by atoms with E-state index in [1.165, 1.54) is 4.31 Å². The van der Waals surface area contributed by atoms with Crippen molar-refractivity contribution in [1.82, 2.24) is 9.21 Å². The molecule has 0 spiro atoms. The average Bonchev–Trinajstić information content (AvgIpc) is 2.59. The van der Waals surface area contributed by atoms with Crippen molar-refractivity contribution in [3.8, 4) is 0 Å². The number of hydrogen-bond donors (Lipinski definition) is 1. The third-order valence-corrected chi connectivity index (χ3v) is 8.19. The van der Waals surface area contributed by atoms with Gasteiger partial charge in [0, 0.05) is 26.2 Å². The highest BCUT2D eigenvalue weighted by Gasteiger charge is 2.40. The Morgan fingerprint density at radius 3 is 2.48 bits per heavy atom. The molecule has 2 fully saturated rings. The standard InChI is InChI=1S/C11H20N2O6S2/c14-11(15)8-12-3-1-4-13(6-5-12)21(18,19)10-2-7-20(16,17)9-10/h10H,1-9H2,(H,14,15). The van der Waals surface area contributed by atoms with Gasteiger partial charge in [-0.3, -0.25) is 9.69 Å². The van der Waals surface area contributed by atoms with Crippen LogP contribution in [0.1, 0.15) is 12.8 Å². The van der Waals surface area contributed by atoms with E-state index in [1.54, 1.807) is 4.90 Å². The number of nitrogens with zero attached hydrogens (tertiary/aromatic N) is 2. The normalized spacial score (nSPS) is 28.3. The van der Waals surface area contributed by atoms with Crippen molar-refractivity contribution in [3.63, 3.8) is 0 Å². The maximum Gasteiger partial charge on any atom is 0.317 e. The van der Waals surface area contributed by atoms with Gasteiger partial charge in [-0.15, -0.1) is 0 Å². The van der Waals surface area contributed by atoms with Crippen LogP contribution in [0.2, 0.25) is 0 Å². The Morgan fingerprint density at radius 2 is 1.90 bits per heavy atom. The van der Waals surface area contributed by atoms with Gasteiger partial charge < -0.3 is 5.11 Å². The predicted octanol–water partition coefficient (Wildman–Crippen LogP) is -1.40. The van der Waals surface area contributed by atoms with E-state index in [1.807, 2.05) is 0 Å². The number of carboxylic acids is 1. The Labute approximate surface area is 124 Å². The van der Waals surface area contributed by atoms with Gasteiger partial charge in [-0.25, -0.2) is 21.1 Å². The number of aliphatic carboxylic acids is 1. The molecule has 0 aliphatic carbocycles. The first-order chi connectivity index (χ1) is 9.71. The Kier molecular flexibility index (Phi) is 4.91. The maximum atomic E-state index is 12.5. The van der Waals surface area contributed by atoms with Crippen molar-refractivity contribution >= 4 is 25.8 Å². The van der Waals surface area contributed by atoms with Crippen molar-refractivity contribution < 1.29 is 26.7 Å². The van der Waals surface area contributed by atoms with Crippen molar-refractivity contribution in [3.05, 3.63) is 0 Å². The van der Waals surface area contributed by atoms with Gasteiger partial charge in [0.2, 0.25) is 10.0 Å². The smallest absolute Gasteiger partial charge is 0.317 e. The van der Waals surface area contributed by atoms with Crippen LogP contribution in [0.3, 0.4) is 0 Å². The highest BCUT2D eigenvalue weighted by molar-refractivity contribution is 7.95. The summed E-state index contributed by atoms with van der Waals surface area (Å²) in [5, 5.41) is 7.92. The van der Waals surface area contributed by atoms with Crippen LogP contribution in [0.25, 0.3) is 0 Å². The molecule has 122 valence electrons. The molecule has 2 saturated heterocycles. The fraction of sp³-hybridized carbons (Fsp3) is 0.909. The molecule has 2 aliphatic heterocycles. The first-order valence-corrected chi connectivity index (χ1v) is 10.2. The minimum Gasteiger partial charge on any atom is -0.480 e. The summed E-state index contributed by atoms with van der Waals surface area (Å²) in [4.78, 5) is 12.4. The molecule has 0 saturated carbocycles. The molecule has 10 heteroatoms. The zero-order chi connectivity index (χ0) is 15.7. The molecule has 1 unspecified atom stereocenters. The van der Waals surface area contributed by atoms with Crippen molar-refractivity contribution in [2.75, 3.05) is 44.2 Å². The number of sulfone groups is 1. The number of sulfonamides is 1. The van der Waals surface area contributed by atoms with Crippen LogP contribution < -0.4 is 0 Å². The lowest BCUT2D eigenvalue weighted by Crippen LogP contribution is -2.42. The van der Waals surface area contributed by atoms with Crippen molar-refractivity contribution in [1.29, 1.82) is 0 Å². The highest BCUT2D eigenvalue weighted by atomic mass is 32.2. The molecule has 21 heavy (non-hydrogen) atoms. The van der Waals surface area contributed by atoms with Crippen LogP contribution in [0.4, 0.5) is 0 Å². The SMILES string of the molecule is O=C(O)CN1CCCN(S(=O)(=O)C2CCS(=O)(=O)C2)CC1. The summed E-state index contributed by atoms with van der Waals surface area (Å²) in [6, 6.07) is 0. The number of hydrogen-bond acceptors (Lipinski definition) is 6. The molecule has 0 aromatic rings. The van der Waals surface area contributed by atoms with Crippen LogP contribution >= 0.6 is 0 Å². The average molecular weight is 340 g/mol. The lowest BCUT2D eigenvalue weighted by atomic mass is 10.4. The fourth-order valence-corrected chi connectivity index (χ4v) is 7.32. The molecule has 0 amide bonds. The topological polar surface area (TPSA) is 112 Å². The van der Waals surface area contributed by atoms with E-state index in [-0.39, 0.29) is 31.0 Å². The van der Waals surface area contributed by atoms with Crippen LogP contribution in [0.5, 0.6) is 0 Å². The van der Waals surface area contributed by atoms with Gasteiger partial charge in [0.25, 0.3) is 0 Å². The van der Waals surface area contributed by atoms with Crippen molar-refractivity contribution in [2.45, 2.75) is 18.1 Å². The Morgan fingerprint density at radius 1 is 1.19 bits per heavy atom. The quantitative estimate of drug-likeness (QED) is 0.669. The van der Waals surface area contributed by atoms with E-state index in [4.69, 9.17) is 5.11 Å². The zero-order valence-corrected chi connectivity index (χ0v) is 13.3. The van der Waals surface area contributed by atoms with Crippen LogP contribution in [-0.2, 0) is 24.7 Å². The van der Waals surface area contributed by atoms with Gasteiger partial charge in [0.1, 0.15) is 0 Å². The lowest BCUT2D eigenvalue weighted by molar-refractivity contribution is -0.138. The number of carboxylic acid groups (broad SMARTS) is 1. The Bertz CT molecular complexity index is 600.